The van der Waals surface area contributed by atoms with Gasteiger partial charge in [-0.05, 0) is 50.8 Å². The normalized spacial score (nSPS) is 29.5. The van der Waals surface area contributed by atoms with Crippen molar-refractivity contribution in [3.8, 4) is 0 Å². The summed E-state index contributed by atoms with van der Waals surface area (Å²) in [7, 11) is -3.79. The van der Waals surface area contributed by atoms with Gasteiger partial charge in [-0.3, -0.25) is 4.79 Å². The summed E-state index contributed by atoms with van der Waals surface area (Å²) in [5.74, 6) is -0.602. The van der Waals surface area contributed by atoms with Crippen molar-refractivity contribution in [2.24, 2.45) is 0 Å². The second-order valence-corrected chi connectivity index (χ2v) is 8.44. The van der Waals surface area contributed by atoms with E-state index in [4.69, 9.17) is 0 Å². The van der Waals surface area contributed by atoms with Gasteiger partial charge < -0.3 is 5.32 Å². The van der Waals surface area contributed by atoms with Gasteiger partial charge in [0.2, 0.25) is 15.9 Å². The number of amides is 1. The number of carbonyl (C=O) groups is 1. The van der Waals surface area contributed by atoms with Gasteiger partial charge in [0, 0.05) is 19.0 Å². The fourth-order valence-corrected chi connectivity index (χ4v) is 5.53. The molecular formula is C16H21FN2O3S. The molecule has 126 valence electrons. The summed E-state index contributed by atoms with van der Waals surface area (Å²) < 4.78 is 41.0. The van der Waals surface area contributed by atoms with Gasteiger partial charge in [-0.25, -0.2) is 12.8 Å². The van der Waals surface area contributed by atoms with Crippen molar-refractivity contribution in [3.63, 3.8) is 0 Å². The van der Waals surface area contributed by atoms with Crippen LogP contribution in [0.1, 0.15) is 39.0 Å². The van der Waals surface area contributed by atoms with Crippen LogP contribution >= 0.6 is 0 Å². The predicted molar refractivity (Wildman–Crippen MR) is 83.7 cm³/mol. The third-order valence-electron chi connectivity index (χ3n) is 4.88. The van der Waals surface area contributed by atoms with Crippen LogP contribution in [0.4, 0.5) is 4.39 Å². The zero-order valence-electron chi connectivity index (χ0n) is 13.1. The molecule has 0 aromatic heterocycles. The van der Waals surface area contributed by atoms with Crippen LogP contribution in [-0.4, -0.2) is 36.8 Å². The van der Waals surface area contributed by atoms with Crippen LogP contribution in [0.5, 0.6) is 0 Å². The summed E-state index contributed by atoms with van der Waals surface area (Å²) in [5.41, 5.74) is -0.563. The number of carbonyl (C=O) groups excluding carboxylic acids is 1. The fourth-order valence-electron chi connectivity index (χ4n) is 3.71. The molecule has 2 fully saturated rings. The minimum atomic E-state index is -3.79. The zero-order chi connectivity index (χ0) is 16.7. The van der Waals surface area contributed by atoms with Crippen LogP contribution in [-0.2, 0) is 14.8 Å². The van der Waals surface area contributed by atoms with E-state index < -0.39 is 21.4 Å². The minimum absolute atomic E-state index is 0.0290. The minimum Gasteiger partial charge on any atom is -0.349 e. The van der Waals surface area contributed by atoms with E-state index >= 15 is 0 Å². The Kier molecular flexibility index (Phi) is 4.18. The number of hydrogen-bond donors (Lipinski definition) is 1. The standard InChI is InChI=1S/C16H21FN2O3S/c1-16-9-2-3-10-19(14(16)7-8-15(20)18-16)23(21,22)13-6-4-5-12(17)11-13/h4-6,11,14H,2-3,7-10H2,1H3,(H,18,20)/t14-,16-/m0/s1. The topological polar surface area (TPSA) is 66.5 Å². The molecule has 0 radical (unpaired) electrons. The average molecular weight is 340 g/mol. The molecule has 1 aromatic carbocycles. The van der Waals surface area contributed by atoms with E-state index in [9.17, 15) is 17.6 Å². The van der Waals surface area contributed by atoms with Crippen LogP contribution in [0.2, 0.25) is 0 Å². The Morgan fingerprint density at radius 1 is 1.35 bits per heavy atom. The third kappa shape index (κ3) is 2.99. The first-order valence-corrected chi connectivity index (χ1v) is 9.35. The first-order chi connectivity index (χ1) is 10.8. The van der Waals surface area contributed by atoms with Crippen molar-refractivity contribution in [3.05, 3.63) is 30.1 Å². The van der Waals surface area contributed by atoms with Crippen LogP contribution in [0.15, 0.2) is 29.2 Å². The van der Waals surface area contributed by atoms with Crippen molar-refractivity contribution >= 4 is 15.9 Å². The summed E-state index contributed by atoms with van der Waals surface area (Å²) in [6, 6.07) is 4.81. The van der Waals surface area contributed by atoms with Gasteiger partial charge in [0.05, 0.1) is 10.4 Å². The Morgan fingerprint density at radius 3 is 2.87 bits per heavy atom. The molecule has 7 heteroatoms. The zero-order valence-corrected chi connectivity index (χ0v) is 13.9. The molecule has 2 heterocycles. The highest BCUT2D eigenvalue weighted by molar-refractivity contribution is 7.89. The molecule has 2 aliphatic rings. The Hall–Kier alpha value is -1.47. The Morgan fingerprint density at radius 2 is 2.13 bits per heavy atom. The molecule has 3 rings (SSSR count). The molecule has 23 heavy (non-hydrogen) atoms. The molecule has 2 atom stereocenters. The molecular weight excluding hydrogens is 319 g/mol. The van der Waals surface area contributed by atoms with E-state index in [1.807, 2.05) is 6.92 Å². The van der Waals surface area contributed by atoms with E-state index in [2.05, 4.69) is 5.32 Å². The second-order valence-electron chi connectivity index (χ2n) is 6.55. The number of nitrogens with zero attached hydrogens (tertiary/aromatic N) is 1. The van der Waals surface area contributed by atoms with Crippen molar-refractivity contribution in [2.45, 2.75) is 55.5 Å². The summed E-state index contributed by atoms with van der Waals surface area (Å²) in [4.78, 5) is 11.7. The summed E-state index contributed by atoms with van der Waals surface area (Å²) in [5, 5.41) is 2.98. The molecule has 0 aliphatic carbocycles. The summed E-state index contributed by atoms with van der Waals surface area (Å²) in [6.07, 6.45) is 3.14. The number of fused-ring (bicyclic) bond motifs is 1. The summed E-state index contributed by atoms with van der Waals surface area (Å²) in [6.45, 7) is 2.31. The first-order valence-electron chi connectivity index (χ1n) is 7.91. The van der Waals surface area contributed by atoms with Crippen LogP contribution in [0.25, 0.3) is 0 Å². The van der Waals surface area contributed by atoms with Crippen molar-refractivity contribution in [1.82, 2.24) is 9.62 Å². The van der Waals surface area contributed by atoms with E-state index in [0.717, 1.165) is 25.3 Å². The number of piperidine rings is 1. The maximum atomic E-state index is 13.5. The number of rotatable bonds is 2. The average Bonchev–Trinajstić information content (AvgIpc) is 2.65. The third-order valence-corrected chi connectivity index (χ3v) is 6.78. The van der Waals surface area contributed by atoms with Gasteiger partial charge in [0.1, 0.15) is 5.82 Å². The number of benzene rings is 1. The highest BCUT2D eigenvalue weighted by atomic mass is 32.2. The number of hydrogen-bond acceptors (Lipinski definition) is 3. The molecule has 0 unspecified atom stereocenters. The van der Waals surface area contributed by atoms with Crippen LogP contribution < -0.4 is 5.32 Å². The lowest BCUT2D eigenvalue weighted by Crippen LogP contribution is -2.63. The fraction of sp³-hybridized carbons (Fsp3) is 0.562. The van der Waals surface area contributed by atoms with Gasteiger partial charge in [-0.15, -0.1) is 0 Å². The molecule has 1 amide bonds. The van der Waals surface area contributed by atoms with E-state index in [-0.39, 0.29) is 16.8 Å². The highest BCUT2D eigenvalue weighted by Crippen LogP contribution is 2.36. The quantitative estimate of drug-likeness (QED) is 0.896. The Bertz CT molecular complexity index is 722. The van der Waals surface area contributed by atoms with Gasteiger partial charge in [-0.2, -0.15) is 4.31 Å². The number of sulfonamides is 1. The largest absolute Gasteiger partial charge is 0.349 e. The van der Waals surface area contributed by atoms with Crippen LogP contribution in [0, 0.1) is 5.82 Å². The van der Waals surface area contributed by atoms with E-state index in [1.54, 1.807) is 0 Å². The van der Waals surface area contributed by atoms with Gasteiger partial charge in [0.25, 0.3) is 0 Å². The lowest BCUT2D eigenvalue weighted by Gasteiger charge is -2.45. The molecule has 1 aromatic rings. The van der Waals surface area contributed by atoms with E-state index in [0.29, 0.717) is 19.4 Å². The first kappa shape index (κ1) is 16.4. The monoisotopic (exact) mass is 340 g/mol. The molecule has 0 spiro atoms. The van der Waals surface area contributed by atoms with E-state index in [1.165, 1.54) is 22.5 Å². The number of nitrogens with one attached hydrogen (secondary N) is 1. The number of halogens is 1. The van der Waals surface area contributed by atoms with Crippen molar-refractivity contribution < 1.29 is 17.6 Å². The maximum Gasteiger partial charge on any atom is 0.243 e. The maximum absolute atomic E-state index is 13.5. The Labute approximate surface area is 135 Å². The summed E-state index contributed by atoms with van der Waals surface area (Å²) >= 11 is 0. The highest BCUT2D eigenvalue weighted by Gasteiger charge is 2.47. The lowest BCUT2D eigenvalue weighted by molar-refractivity contribution is -0.126. The van der Waals surface area contributed by atoms with Gasteiger partial charge in [-0.1, -0.05) is 6.07 Å². The Balaban J connectivity index is 2.01. The second kappa shape index (κ2) is 5.87. The molecule has 0 bridgehead atoms. The van der Waals surface area contributed by atoms with Crippen LogP contribution in [0.3, 0.4) is 0 Å². The molecule has 5 nitrogen and oxygen atoms in total. The van der Waals surface area contributed by atoms with Crippen molar-refractivity contribution in [2.75, 3.05) is 6.54 Å². The molecule has 1 N–H and O–H groups in total. The smallest absolute Gasteiger partial charge is 0.243 e. The molecule has 0 saturated carbocycles. The lowest BCUT2D eigenvalue weighted by atomic mass is 9.82. The SMILES string of the molecule is C[C@]12CCCCN(S(=O)(=O)c3cccc(F)c3)[C@H]1CCC(=O)N2. The molecule has 2 aliphatic heterocycles. The van der Waals surface area contributed by atoms with Gasteiger partial charge >= 0.3 is 0 Å². The molecule has 2 saturated heterocycles. The predicted octanol–water partition coefficient (Wildman–Crippen LogP) is 2.04. The van der Waals surface area contributed by atoms with Crippen molar-refractivity contribution in [1.29, 1.82) is 0 Å². The van der Waals surface area contributed by atoms with Gasteiger partial charge in [0.15, 0.2) is 0 Å².